The van der Waals surface area contributed by atoms with Crippen molar-refractivity contribution in [3.8, 4) is 5.75 Å². The van der Waals surface area contributed by atoms with Crippen LogP contribution in [0.25, 0.3) is 0 Å². The van der Waals surface area contributed by atoms with E-state index < -0.39 is 10.0 Å². The van der Waals surface area contributed by atoms with Gasteiger partial charge in [-0.1, -0.05) is 0 Å². The molecule has 0 aliphatic heterocycles. The van der Waals surface area contributed by atoms with Gasteiger partial charge in [0.2, 0.25) is 10.0 Å². The molecule has 0 aliphatic carbocycles. The van der Waals surface area contributed by atoms with Crippen molar-refractivity contribution in [2.75, 3.05) is 14.2 Å². The minimum Gasteiger partial charge on any atom is -0.496 e. The van der Waals surface area contributed by atoms with E-state index in [9.17, 15) is 8.42 Å². The first-order valence-electron chi connectivity index (χ1n) is 6.12. The molecule has 6 nitrogen and oxygen atoms in total. The van der Waals surface area contributed by atoms with E-state index >= 15 is 0 Å². The lowest BCUT2D eigenvalue weighted by Gasteiger charge is -2.17. The van der Waals surface area contributed by atoms with E-state index in [-0.39, 0.29) is 11.4 Å². The van der Waals surface area contributed by atoms with Gasteiger partial charge in [0, 0.05) is 32.4 Å². The second-order valence-electron chi connectivity index (χ2n) is 4.58. The minimum absolute atomic E-state index is 0.210. The zero-order valence-corrected chi connectivity index (χ0v) is 14.3. The summed E-state index contributed by atoms with van der Waals surface area (Å²) in [5, 5.41) is 4.03. The highest BCUT2D eigenvalue weighted by Crippen LogP contribution is 2.28. The van der Waals surface area contributed by atoms with Crippen LogP contribution in [0.4, 0.5) is 0 Å². The van der Waals surface area contributed by atoms with Gasteiger partial charge < -0.3 is 4.74 Å². The molecule has 1 aromatic heterocycles. The quantitative estimate of drug-likeness (QED) is 0.803. The Kier molecular flexibility index (Phi) is 4.70. The Bertz CT molecular complexity index is 743. The largest absolute Gasteiger partial charge is 0.496 e. The van der Waals surface area contributed by atoms with Crippen LogP contribution in [-0.4, -0.2) is 36.7 Å². The molecule has 2 aromatic rings. The van der Waals surface area contributed by atoms with Gasteiger partial charge in [0.25, 0.3) is 0 Å². The summed E-state index contributed by atoms with van der Waals surface area (Å²) in [4.78, 5) is 0.210. The second kappa shape index (κ2) is 6.17. The van der Waals surface area contributed by atoms with Crippen LogP contribution in [0, 0.1) is 0 Å². The topological polar surface area (TPSA) is 64.4 Å². The summed E-state index contributed by atoms with van der Waals surface area (Å²) in [5.74, 6) is 0.587. The Balaban J connectivity index is 2.26. The third-order valence-corrected chi connectivity index (χ3v) is 5.41. The second-order valence-corrected chi connectivity index (χ2v) is 7.48. The fourth-order valence-electron chi connectivity index (χ4n) is 1.88. The Morgan fingerprint density at radius 1 is 1.43 bits per heavy atom. The molecule has 0 saturated carbocycles. The molecule has 0 N–H and O–H groups in total. The van der Waals surface area contributed by atoms with Crippen LogP contribution in [0.1, 0.15) is 5.56 Å². The van der Waals surface area contributed by atoms with E-state index in [0.717, 1.165) is 5.56 Å². The fraction of sp³-hybridized carbons (Fsp3) is 0.308. The van der Waals surface area contributed by atoms with Crippen molar-refractivity contribution in [1.29, 1.82) is 0 Å². The number of ether oxygens (including phenoxy) is 1. The fourth-order valence-corrected chi connectivity index (χ4v) is 3.76. The van der Waals surface area contributed by atoms with Gasteiger partial charge in [0.1, 0.15) is 5.75 Å². The molecule has 0 aliphatic rings. The molecule has 0 amide bonds. The standard InChI is InChI=1S/C13H16BrN3O3S/c1-16-8-10(7-15-16)9-17(2)21(18,19)11-4-5-13(20-3)12(14)6-11/h4-8H,9H2,1-3H3. The summed E-state index contributed by atoms with van der Waals surface area (Å²) in [6.07, 6.45) is 3.44. The maximum Gasteiger partial charge on any atom is 0.243 e. The average Bonchev–Trinajstić information content (AvgIpc) is 2.83. The predicted molar refractivity (Wildman–Crippen MR) is 82.6 cm³/mol. The number of hydrogen-bond acceptors (Lipinski definition) is 4. The maximum absolute atomic E-state index is 12.5. The molecule has 8 heteroatoms. The smallest absolute Gasteiger partial charge is 0.243 e. The minimum atomic E-state index is -3.56. The van der Waals surface area contributed by atoms with Crippen molar-refractivity contribution in [3.63, 3.8) is 0 Å². The third-order valence-electron chi connectivity index (χ3n) is 3.00. The van der Waals surface area contributed by atoms with E-state index in [1.165, 1.54) is 23.5 Å². The van der Waals surface area contributed by atoms with Crippen molar-refractivity contribution in [3.05, 3.63) is 40.6 Å². The van der Waals surface area contributed by atoms with Gasteiger partial charge in [-0.25, -0.2) is 8.42 Å². The van der Waals surface area contributed by atoms with Crippen LogP contribution >= 0.6 is 15.9 Å². The molecule has 0 radical (unpaired) electrons. The lowest BCUT2D eigenvalue weighted by Crippen LogP contribution is -2.26. The molecular formula is C13H16BrN3O3S. The Labute approximate surface area is 132 Å². The normalized spacial score (nSPS) is 11.9. The molecular weight excluding hydrogens is 358 g/mol. The monoisotopic (exact) mass is 373 g/mol. The first kappa shape index (κ1) is 16.0. The number of halogens is 1. The summed E-state index contributed by atoms with van der Waals surface area (Å²) < 4.78 is 33.7. The van der Waals surface area contributed by atoms with Crippen molar-refractivity contribution in [2.45, 2.75) is 11.4 Å². The molecule has 0 unspecified atom stereocenters. The lowest BCUT2D eigenvalue weighted by atomic mass is 10.3. The number of sulfonamides is 1. The lowest BCUT2D eigenvalue weighted by molar-refractivity contribution is 0.411. The molecule has 0 spiro atoms. The Hall–Kier alpha value is -1.38. The van der Waals surface area contributed by atoms with Gasteiger partial charge in [-0.3, -0.25) is 4.68 Å². The van der Waals surface area contributed by atoms with Crippen molar-refractivity contribution >= 4 is 26.0 Å². The molecule has 0 atom stereocenters. The van der Waals surface area contributed by atoms with E-state index in [1.807, 2.05) is 0 Å². The highest BCUT2D eigenvalue weighted by Gasteiger charge is 2.22. The first-order valence-corrected chi connectivity index (χ1v) is 8.35. The molecule has 1 heterocycles. The van der Waals surface area contributed by atoms with Crippen LogP contribution in [0.5, 0.6) is 5.75 Å². The van der Waals surface area contributed by atoms with Gasteiger partial charge in [-0.05, 0) is 34.1 Å². The Morgan fingerprint density at radius 3 is 2.67 bits per heavy atom. The molecule has 21 heavy (non-hydrogen) atoms. The van der Waals surface area contributed by atoms with Crippen LogP contribution in [0.3, 0.4) is 0 Å². The Morgan fingerprint density at radius 2 is 2.14 bits per heavy atom. The number of benzene rings is 1. The predicted octanol–water partition coefficient (Wildman–Crippen LogP) is 2.01. The van der Waals surface area contributed by atoms with Gasteiger partial charge >= 0.3 is 0 Å². The summed E-state index contributed by atoms with van der Waals surface area (Å²) in [7, 11) is 1.30. The number of methoxy groups -OCH3 is 1. The zero-order valence-electron chi connectivity index (χ0n) is 11.9. The van der Waals surface area contributed by atoms with Crippen LogP contribution < -0.4 is 4.74 Å². The first-order chi connectivity index (χ1) is 9.84. The highest BCUT2D eigenvalue weighted by molar-refractivity contribution is 9.10. The number of aryl methyl sites for hydroxylation is 1. The highest BCUT2D eigenvalue weighted by atomic mass is 79.9. The molecule has 0 bridgehead atoms. The molecule has 2 rings (SSSR count). The van der Waals surface area contributed by atoms with Gasteiger partial charge in [-0.2, -0.15) is 9.40 Å². The van der Waals surface area contributed by atoms with Crippen LogP contribution in [-0.2, 0) is 23.6 Å². The summed E-state index contributed by atoms with van der Waals surface area (Å²) in [6, 6.07) is 4.68. The van der Waals surface area contributed by atoms with E-state index in [2.05, 4.69) is 21.0 Å². The van der Waals surface area contributed by atoms with Gasteiger partial charge in [-0.15, -0.1) is 0 Å². The molecule has 114 valence electrons. The van der Waals surface area contributed by atoms with Crippen molar-refractivity contribution < 1.29 is 13.2 Å². The number of nitrogens with zero attached hydrogens (tertiary/aromatic N) is 3. The zero-order chi connectivity index (χ0) is 15.6. The van der Waals surface area contributed by atoms with E-state index in [4.69, 9.17) is 4.74 Å². The van der Waals surface area contributed by atoms with Crippen molar-refractivity contribution in [1.82, 2.24) is 14.1 Å². The SMILES string of the molecule is COc1ccc(S(=O)(=O)N(C)Cc2cnn(C)c2)cc1Br. The van der Waals surface area contributed by atoms with Crippen LogP contribution in [0.15, 0.2) is 40.0 Å². The number of hydrogen-bond donors (Lipinski definition) is 0. The van der Waals surface area contributed by atoms with Gasteiger partial charge in [0.05, 0.1) is 22.7 Å². The molecule has 1 aromatic carbocycles. The van der Waals surface area contributed by atoms with E-state index in [1.54, 1.807) is 37.2 Å². The average molecular weight is 374 g/mol. The number of rotatable bonds is 5. The number of aromatic nitrogens is 2. The summed E-state index contributed by atoms with van der Waals surface area (Å²) in [5.41, 5.74) is 0.830. The van der Waals surface area contributed by atoms with Gasteiger partial charge in [0.15, 0.2) is 0 Å². The summed E-state index contributed by atoms with van der Waals surface area (Å²) in [6.45, 7) is 0.264. The van der Waals surface area contributed by atoms with Crippen LogP contribution in [0.2, 0.25) is 0 Å². The maximum atomic E-state index is 12.5. The van der Waals surface area contributed by atoms with E-state index in [0.29, 0.717) is 10.2 Å². The van der Waals surface area contributed by atoms with Crippen molar-refractivity contribution in [2.24, 2.45) is 7.05 Å². The molecule has 0 fully saturated rings. The third kappa shape index (κ3) is 3.45. The molecule has 0 saturated heterocycles. The summed E-state index contributed by atoms with van der Waals surface area (Å²) >= 11 is 3.30.